The van der Waals surface area contributed by atoms with E-state index in [0.717, 1.165) is 10.3 Å². The molecule has 0 fully saturated rings. The number of amides is 1. The van der Waals surface area contributed by atoms with Gasteiger partial charge in [-0.05, 0) is 42.2 Å². The quantitative estimate of drug-likeness (QED) is 0.885. The van der Waals surface area contributed by atoms with Gasteiger partial charge in [0.1, 0.15) is 5.75 Å². The largest absolute Gasteiger partial charge is 0.493 e. The van der Waals surface area contributed by atoms with Gasteiger partial charge in [-0.25, -0.2) is 0 Å². The summed E-state index contributed by atoms with van der Waals surface area (Å²) in [5, 5.41) is 9.67. The molecular formula is C18H22N2O3. The zero-order chi connectivity index (χ0) is 17.0. The van der Waals surface area contributed by atoms with Gasteiger partial charge in [-0.15, -0.1) is 0 Å². The van der Waals surface area contributed by atoms with E-state index in [1.807, 2.05) is 19.1 Å². The lowest BCUT2D eigenvalue weighted by Gasteiger charge is -2.20. The summed E-state index contributed by atoms with van der Waals surface area (Å²) < 4.78 is 6.42. The maximum Gasteiger partial charge on any atom is 0.282 e. The molecule has 1 heterocycles. The zero-order valence-corrected chi connectivity index (χ0v) is 13.9. The van der Waals surface area contributed by atoms with Crippen molar-refractivity contribution >= 4 is 5.91 Å². The van der Waals surface area contributed by atoms with Crippen molar-refractivity contribution in [2.45, 2.75) is 33.1 Å². The van der Waals surface area contributed by atoms with E-state index in [-0.39, 0.29) is 10.9 Å². The molecule has 1 aromatic heterocycles. The Balaban J connectivity index is 2.48. The van der Waals surface area contributed by atoms with Gasteiger partial charge in [-0.2, -0.15) is 9.72 Å². The molecule has 2 rings (SSSR count). The van der Waals surface area contributed by atoms with E-state index in [1.54, 1.807) is 24.3 Å². The van der Waals surface area contributed by atoms with E-state index in [9.17, 15) is 10.0 Å². The second-order valence-electron chi connectivity index (χ2n) is 6.21. The van der Waals surface area contributed by atoms with Crippen molar-refractivity contribution in [1.82, 2.24) is 4.73 Å². The van der Waals surface area contributed by atoms with Crippen LogP contribution in [0.1, 0.15) is 43.6 Å². The topological polar surface area (TPSA) is 63.8 Å². The highest BCUT2D eigenvalue weighted by atomic mass is 16.5. The average Bonchev–Trinajstić information content (AvgIpc) is 2.49. The molecule has 0 bridgehead atoms. The lowest BCUT2D eigenvalue weighted by molar-refractivity contribution is 0.0984. The van der Waals surface area contributed by atoms with Crippen LogP contribution in [0.5, 0.6) is 5.75 Å². The molecule has 0 atom stereocenters. The van der Waals surface area contributed by atoms with Gasteiger partial charge >= 0.3 is 0 Å². The predicted octanol–water partition coefficient (Wildman–Crippen LogP) is 3.16. The minimum absolute atomic E-state index is 0.0435. The van der Waals surface area contributed by atoms with Gasteiger partial charge in [0.25, 0.3) is 5.91 Å². The first-order valence-electron chi connectivity index (χ1n) is 7.56. The summed E-state index contributed by atoms with van der Waals surface area (Å²) in [5.41, 5.74) is 1.58. The van der Waals surface area contributed by atoms with Crippen LogP contribution in [0.25, 0.3) is 0 Å². The molecule has 5 heteroatoms. The molecule has 5 nitrogen and oxygen atoms in total. The van der Waals surface area contributed by atoms with E-state index in [4.69, 9.17) is 4.74 Å². The van der Waals surface area contributed by atoms with Crippen molar-refractivity contribution in [2.75, 3.05) is 6.61 Å². The summed E-state index contributed by atoms with van der Waals surface area (Å²) in [7, 11) is 0. The maximum absolute atomic E-state index is 12.5. The zero-order valence-electron chi connectivity index (χ0n) is 13.9. The van der Waals surface area contributed by atoms with Gasteiger partial charge < -0.3 is 9.94 Å². The molecule has 2 aromatic rings. The number of carbonyl (C=O) groups is 1. The summed E-state index contributed by atoms with van der Waals surface area (Å²) in [6.45, 7) is 8.63. The highest BCUT2D eigenvalue weighted by Crippen LogP contribution is 2.29. The number of hydrogen-bond acceptors (Lipinski definition) is 3. The molecule has 0 radical (unpaired) electrons. The van der Waals surface area contributed by atoms with Gasteiger partial charge in [-0.1, -0.05) is 32.9 Å². The van der Waals surface area contributed by atoms with Crippen LogP contribution >= 0.6 is 0 Å². The van der Waals surface area contributed by atoms with Crippen LogP contribution < -0.4 is 10.2 Å². The van der Waals surface area contributed by atoms with Crippen LogP contribution in [0.2, 0.25) is 0 Å². The van der Waals surface area contributed by atoms with E-state index < -0.39 is 5.91 Å². The molecule has 0 unspecified atom stereocenters. The number of pyridine rings is 1. The Hall–Kier alpha value is -2.56. The normalized spacial score (nSPS) is 12.3. The molecule has 1 N–H and O–H groups in total. The monoisotopic (exact) mass is 314 g/mol. The molecule has 23 heavy (non-hydrogen) atoms. The van der Waals surface area contributed by atoms with Gasteiger partial charge in [0.05, 0.1) is 12.2 Å². The van der Waals surface area contributed by atoms with E-state index in [0.29, 0.717) is 17.9 Å². The number of ether oxygens (including phenoxy) is 1. The van der Waals surface area contributed by atoms with Crippen molar-refractivity contribution in [2.24, 2.45) is 4.99 Å². The molecule has 0 aliphatic carbocycles. The summed E-state index contributed by atoms with van der Waals surface area (Å²) in [6, 6.07) is 10.4. The van der Waals surface area contributed by atoms with Crippen LogP contribution in [0, 0.1) is 0 Å². The van der Waals surface area contributed by atoms with Gasteiger partial charge in [0, 0.05) is 6.20 Å². The first kappa shape index (κ1) is 16.8. The second kappa shape index (κ2) is 6.69. The van der Waals surface area contributed by atoms with Crippen molar-refractivity contribution in [1.29, 1.82) is 0 Å². The maximum atomic E-state index is 12.5. The SMILES string of the molecule is CCOc1cc(C(C)(C)C)ccc1C(=O)N=c1ccccn1O. The highest BCUT2D eigenvalue weighted by molar-refractivity contribution is 5.97. The summed E-state index contributed by atoms with van der Waals surface area (Å²) in [5.74, 6) is 0.0528. The molecule has 0 aliphatic rings. The van der Waals surface area contributed by atoms with Crippen molar-refractivity contribution in [3.63, 3.8) is 0 Å². The molecule has 1 aromatic carbocycles. The summed E-state index contributed by atoms with van der Waals surface area (Å²) in [6.07, 6.45) is 1.41. The standard InChI is InChI=1S/C18H22N2O3/c1-5-23-15-12-13(18(2,3)4)9-10-14(15)17(21)19-16-8-6-7-11-20(16)22/h6-12,22H,5H2,1-4H3. The molecule has 122 valence electrons. The lowest BCUT2D eigenvalue weighted by atomic mass is 9.86. The smallest absolute Gasteiger partial charge is 0.282 e. The number of aromatic nitrogens is 1. The Morgan fingerprint density at radius 3 is 2.61 bits per heavy atom. The fraction of sp³-hybridized carbons (Fsp3) is 0.333. The molecule has 0 spiro atoms. The number of hydrogen-bond donors (Lipinski definition) is 1. The van der Waals surface area contributed by atoms with Crippen LogP contribution in [0.3, 0.4) is 0 Å². The van der Waals surface area contributed by atoms with Crippen LogP contribution in [0.15, 0.2) is 47.6 Å². The predicted molar refractivity (Wildman–Crippen MR) is 87.8 cm³/mol. The van der Waals surface area contributed by atoms with E-state index in [1.165, 1.54) is 6.20 Å². The fourth-order valence-corrected chi connectivity index (χ4v) is 2.12. The van der Waals surface area contributed by atoms with Crippen LogP contribution in [-0.2, 0) is 5.41 Å². The third-order valence-corrected chi connectivity index (χ3v) is 3.41. The van der Waals surface area contributed by atoms with Crippen LogP contribution in [0.4, 0.5) is 0 Å². The Kier molecular flexibility index (Phi) is 4.89. The fourth-order valence-electron chi connectivity index (χ4n) is 2.12. The van der Waals surface area contributed by atoms with Gasteiger partial charge in [0.15, 0.2) is 5.49 Å². The Morgan fingerprint density at radius 2 is 2.00 bits per heavy atom. The molecule has 1 amide bonds. The Labute approximate surface area is 135 Å². The molecule has 0 saturated carbocycles. The molecular weight excluding hydrogens is 292 g/mol. The third-order valence-electron chi connectivity index (χ3n) is 3.41. The lowest BCUT2D eigenvalue weighted by Crippen LogP contribution is -2.19. The summed E-state index contributed by atoms with van der Waals surface area (Å²) in [4.78, 5) is 16.4. The van der Waals surface area contributed by atoms with E-state index >= 15 is 0 Å². The molecule has 0 saturated heterocycles. The number of benzene rings is 1. The second-order valence-corrected chi connectivity index (χ2v) is 6.21. The minimum atomic E-state index is -0.456. The van der Waals surface area contributed by atoms with Gasteiger partial charge in [-0.3, -0.25) is 4.79 Å². The minimum Gasteiger partial charge on any atom is -0.493 e. The molecule has 0 aliphatic heterocycles. The first-order chi connectivity index (χ1) is 10.8. The summed E-state index contributed by atoms with van der Waals surface area (Å²) >= 11 is 0. The number of nitrogens with zero attached hydrogens (tertiary/aromatic N) is 2. The highest BCUT2D eigenvalue weighted by Gasteiger charge is 2.19. The first-order valence-corrected chi connectivity index (χ1v) is 7.56. The van der Waals surface area contributed by atoms with Crippen molar-refractivity contribution in [3.8, 4) is 5.75 Å². The Morgan fingerprint density at radius 1 is 1.26 bits per heavy atom. The van der Waals surface area contributed by atoms with Crippen molar-refractivity contribution < 1.29 is 14.7 Å². The van der Waals surface area contributed by atoms with E-state index in [2.05, 4.69) is 25.8 Å². The van der Waals surface area contributed by atoms with Crippen molar-refractivity contribution in [3.05, 3.63) is 59.2 Å². The number of rotatable bonds is 3. The van der Waals surface area contributed by atoms with Gasteiger partial charge in [0.2, 0.25) is 0 Å². The number of carbonyl (C=O) groups excluding carboxylic acids is 1. The third kappa shape index (κ3) is 4.00. The Bertz CT molecular complexity index is 770. The average molecular weight is 314 g/mol. The van der Waals surface area contributed by atoms with Crippen LogP contribution in [-0.4, -0.2) is 22.5 Å².